The molecule has 0 unspecified atom stereocenters. The van der Waals surface area contributed by atoms with Crippen LogP contribution in [-0.2, 0) is 0 Å². The Morgan fingerprint density at radius 2 is 1.29 bits per heavy atom. The highest BCUT2D eigenvalue weighted by molar-refractivity contribution is 5.53. The fourth-order valence-electron chi connectivity index (χ4n) is 2.40. The third-order valence-electron chi connectivity index (χ3n) is 3.18. The zero-order valence-corrected chi connectivity index (χ0v) is 9.14. The van der Waals surface area contributed by atoms with Gasteiger partial charge in [-0.05, 0) is 48.0 Å². The molecule has 0 heteroatoms. The maximum Gasteiger partial charge on any atom is -0.00885 e. The average Bonchev–Trinajstić information content (AvgIpc) is 2.85. The smallest absolute Gasteiger partial charge is 0.00885 e. The van der Waals surface area contributed by atoms with Crippen molar-refractivity contribution in [1.29, 1.82) is 0 Å². The predicted molar refractivity (Wildman–Crippen MR) is 62.1 cm³/mol. The van der Waals surface area contributed by atoms with Gasteiger partial charge in [-0.2, -0.15) is 0 Å². The summed E-state index contributed by atoms with van der Waals surface area (Å²) in [6, 6.07) is 0. The van der Waals surface area contributed by atoms with Gasteiger partial charge in [0.25, 0.3) is 0 Å². The molecule has 0 N–H and O–H groups in total. The minimum atomic E-state index is 1.16. The molecule has 0 fully saturated rings. The minimum Gasteiger partial charge on any atom is -0.0798 e. The van der Waals surface area contributed by atoms with Gasteiger partial charge in [0.1, 0.15) is 0 Å². The van der Waals surface area contributed by atoms with Gasteiger partial charge in [0.2, 0.25) is 0 Å². The standard InChI is InChI=1S/C14H18/c1-3-11-7-5-9-13(11)14-10-6-8-12(14)4-2/h5-8H,3-4,9-10H2,1-2H3. The summed E-state index contributed by atoms with van der Waals surface area (Å²) in [5.41, 5.74) is 6.31. The molecule has 0 spiro atoms. The first-order valence-corrected chi connectivity index (χ1v) is 5.64. The van der Waals surface area contributed by atoms with E-state index in [0.717, 1.165) is 12.8 Å². The molecule has 0 saturated heterocycles. The molecule has 0 aromatic carbocycles. The van der Waals surface area contributed by atoms with E-state index >= 15 is 0 Å². The second kappa shape index (κ2) is 4.00. The fraction of sp³-hybridized carbons (Fsp3) is 0.429. The first-order valence-electron chi connectivity index (χ1n) is 5.64. The van der Waals surface area contributed by atoms with Crippen molar-refractivity contribution < 1.29 is 0 Å². The van der Waals surface area contributed by atoms with Gasteiger partial charge in [-0.25, -0.2) is 0 Å². The Bertz CT molecular complexity index is 312. The zero-order valence-electron chi connectivity index (χ0n) is 9.14. The molecule has 14 heavy (non-hydrogen) atoms. The van der Waals surface area contributed by atoms with Gasteiger partial charge in [0, 0.05) is 0 Å². The quantitative estimate of drug-likeness (QED) is 0.615. The Balaban J connectivity index is 2.33. The lowest BCUT2D eigenvalue weighted by Crippen LogP contribution is -1.91. The highest BCUT2D eigenvalue weighted by atomic mass is 14.2. The minimum absolute atomic E-state index is 1.16. The molecule has 0 radical (unpaired) electrons. The number of rotatable bonds is 3. The molecule has 2 rings (SSSR count). The Morgan fingerprint density at radius 3 is 1.64 bits per heavy atom. The molecule has 0 amide bonds. The topological polar surface area (TPSA) is 0 Å². The summed E-state index contributed by atoms with van der Waals surface area (Å²) in [6.45, 7) is 4.50. The summed E-state index contributed by atoms with van der Waals surface area (Å²) in [4.78, 5) is 0. The Morgan fingerprint density at radius 1 is 0.857 bits per heavy atom. The summed E-state index contributed by atoms with van der Waals surface area (Å²) in [6.07, 6.45) is 13.9. The van der Waals surface area contributed by atoms with Gasteiger partial charge < -0.3 is 0 Å². The predicted octanol–water partition coefficient (Wildman–Crippen LogP) is 4.32. The van der Waals surface area contributed by atoms with E-state index in [1.54, 1.807) is 22.3 Å². The van der Waals surface area contributed by atoms with Crippen molar-refractivity contribution >= 4 is 0 Å². The second-order valence-corrected chi connectivity index (χ2v) is 3.93. The van der Waals surface area contributed by atoms with E-state index in [-0.39, 0.29) is 0 Å². The molecule has 0 saturated carbocycles. The molecule has 0 heterocycles. The van der Waals surface area contributed by atoms with Crippen LogP contribution in [0.4, 0.5) is 0 Å². The summed E-state index contributed by atoms with van der Waals surface area (Å²) in [7, 11) is 0. The van der Waals surface area contributed by atoms with Gasteiger partial charge >= 0.3 is 0 Å². The average molecular weight is 186 g/mol. The molecule has 0 bridgehead atoms. The van der Waals surface area contributed by atoms with E-state index < -0.39 is 0 Å². The van der Waals surface area contributed by atoms with Crippen molar-refractivity contribution in [2.24, 2.45) is 0 Å². The van der Waals surface area contributed by atoms with Crippen molar-refractivity contribution in [1.82, 2.24) is 0 Å². The van der Waals surface area contributed by atoms with Crippen LogP contribution in [0.2, 0.25) is 0 Å². The van der Waals surface area contributed by atoms with Crippen LogP contribution in [0.5, 0.6) is 0 Å². The number of hydrogen-bond donors (Lipinski definition) is 0. The number of allylic oxidation sites excluding steroid dienone is 8. The Labute approximate surface area is 86.7 Å². The normalized spacial score (nSPS) is 20.4. The first-order chi connectivity index (χ1) is 6.86. The summed E-state index contributed by atoms with van der Waals surface area (Å²) in [5, 5.41) is 0. The monoisotopic (exact) mass is 186 g/mol. The molecule has 2 aliphatic rings. The van der Waals surface area contributed by atoms with Crippen LogP contribution in [0.25, 0.3) is 0 Å². The molecular formula is C14H18. The van der Waals surface area contributed by atoms with Crippen molar-refractivity contribution in [3.63, 3.8) is 0 Å². The van der Waals surface area contributed by atoms with E-state index in [2.05, 4.69) is 38.2 Å². The summed E-state index contributed by atoms with van der Waals surface area (Å²) < 4.78 is 0. The van der Waals surface area contributed by atoms with Crippen molar-refractivity contribution in [2.45, 2.75) is 39.5 Å². The lowest BCUT2D eigenvalue weighted by Gasteiger charge is -2.10. The van der Waals surface area contributed by atoms with Crippen LogP contribution in [-0.4, -0.2) is 0 Å². The molecular weight excluding hydrogens is 168 g/mol. The van der Waals surface area contributed by atoms with Crippen LogP contribution < -0.4 is 0 Å². The van der Waals surface area contributed by atoms with Gasteiger partial charge in [0.05, 0.1) is 0 Å². The highest BCUT2D eigenvalue weighted by Gasteiger charge is 2.16. The third kappa shape index (κ3) is 1.50. The van der Waals surface area contributed by atoms with Crippen LogP contribution in [0.3, 0.4) is 0 Å². The largest absolute Gasteiger partial charge is 0.0798 e. The lowest BCUT2D eigenvalue weighted by atomic mass is 9.95. The molecule has 0 aromatic rings. The summed E-state index contributed by atoms with van der Waals surface area (Å²) in [5.74, 6) is 0. The molecule has 0 aliphatic heterocycles. The highest BCUT2D eigenvalue weighted by Crippen LogP contribution is 2.35. The van der Waals surface area contributed by atoms with Crippen LogP contribution in [0, 0.1) is 0 Å². The van der Waals surface area contributed by atoms with E-state index in [9.17, 15) is 0 Å². The zero-order chi connectivity index (χ0) is 9.97. The van der Waals surface area contributed by atoms with Crippen molar-refractivity contribution in [2.75, 3.05) is 0 Å². The second-order valence-electron chi connectivity index (χ2n) is 3.93. The van der Waals surface area contributed by atoms with E-state index in [1.165, 1.54) is 12.8 Å². The van der Waals surface area contributed by atoms with Gasteiger partial charge in [-0.15, -0.1) is 0 Å². The molecule has 2 aliphatic carbocycles. The van der Waals surface area contributed by atoms with E-state index in [4.69, 9.17) is 0 Å². The van der Waals surface area contributed by atoms with Gasteiger partial charge in [0.15, 0.2) is 0 Å². The molecule has 74 valence electrons. The summed E-state index contributed by atoms with van der Waals surface area (Å²) >= 11 is 0. The molecule has 0 atom stereocenters. The van der Waals surface area contributed by atoms with Crippen LogP contribution >= 0.6 is 0 Å². The first kappa shape index (κ1) is 9.51. The Kier molecular flexibility index (Phi) is 2.72. The van der Waals surface area contributed by atoms with Crippen LogP contribution in [0.15, 0.2) is 46.6 Å². The third-order valence-corrected chi connectivity index (χ3v) is 3.18. The van der Waals surface area contributed by atoms with Gasteiger partial charge in [-0.1, -0.05) is 38.2 Å². The molecule has 0 nitrogen and oxygen atoms in total. The van der Waals surface area contributed by atoms with Gasteiger partial charge in [-0.3, -0.25) is 0 Å². The SMILES string of the molecule is CCC1=C(C2=C(CC)C=CC2)CC=C1. The van der Waals surface area contributed by atoms with Crippen LogP contribution in [0.1, 0.15) is 39.5 Å². The van der Waals surface area contributed by atoms with Crippen molar-refractivity contribution in [3.8, 4) is 0 Å². The van der Waals surface area contributed by atoms with Crippen molar-refractivity contribution in [3.05, 3.63) is 46.6 Å². The molecule has 0 aromatic heterocycles. The van der Waals surface area contributed by atoms with E-state index in [0.29, 0.717) is 0 Å². The number of hydrogen-bond acceptors (Lipinski definition) is 0. The maximum absolute atomic E-state index is 2.30. The Hall–Kier alpha value is -1.04. The maximum atomic E-state index is 2.30. The fourth-order valence-corrected chi connectivity index (χ4v) is 2.40. The lowest BCUT2D eigenvalue weighted by molar-refractivity contribution is 1.05. The van der Waals surface area contributed by atoms with E-state index in [1.807, 2.05) is 0 Å².